The van der Waals surface area contributed by atoms with Crippen molar-refractivity contribution in [1.29, 1.82) is 0 Å². The van der Waals surface area contributed by atoms with Gasteiger partial charge in [-0.3, -0.25) is 4.79 Å². The molecular weight excluding hydrogens is 202 g/mol. The number of carbonyl (C=O) groups excluding carboxylic acids is 1. The quantitative estimate of drug-likeness (QED) is 0.747. The Morgan fingerprint density at radius 2 is 1.79 bits per heavy atom. The van der Waals surface area contributed by atoms with Crippen LogP contribution in [0.2, 0.25) is 0 Å². The standard InChI is InChI=1S/C9H11NO3S/c1-7(11)6-14(12,13)9-4-2-8(10)3-5-9/h2-5H,6,10H2,1H3. The molecule has 0 heterocycles. The highest BCUT2D eigenvalue weighted by molar-refractivity contribution is 7.92. The third kappa shape index (κ3) is 2.56. The number of rotatable bonds is 3. The molecule has 0 aliphatic heterocycles. The molecule has 0 atom stereocenters. The predicted molar refractivity (Wildman–Crippen MR) is 53.6 cm³/mol. The summed E-state index contributed by atoms with van der Waals surface area (Å²) < 4.78 is 23.0. The number of anilines is 1. The van der Waals surface area contributed by atoms with Crippen molar-refractivity contribution in [1.82, 2.24) is 0 Å². The lowest BCUT2D eigenvalue weighted by atomic mass is 10.3. The summed E-state index contributed by atoms with van der Waals surface area (Å²) in [5.74, 6) is -0.835. The van der Waals surface area contributed by atoms with Gasteiger partial charge in [0.2, 0.25) is 0 Å². The van der Waals surface area contributed by atoms with Gasteiger partial charge in [0.15, 0.2) is 9.84 Å². The molecule has 14 heavy (non-hydrogen) atoms. The van der Waals surface area contributed by atoms with Gasteiger partial charge in [0.05, 0.1) is 4.90 Å². The molecule has 2 N–H and O–H groups in total. The van der Waals surface area contributed by atoms with Crippen molar-refractivity contribution in [3.8, 4) is 0 Å². The van der Waals surface area contributed by atoms with Crippen molar-refractivity contribution in [2.45, 2.75) is 11.8 Å². The molecule has 0 aliphatic carbocycles. The first kappa shape index (κ1) is 10.7. The summed E-state index contributed by atoms with van der Waals surface area (Å²) in [6.45, 7) is 1.24. The van der Waals surface area contributed by atoms with Gasteiger partial charge in [0.1, 0.15) is 11.5 Å². The van der Waals surface area contributed by atoms with Crippen LogP contribution in [0, 0.1) is 0 Å². The molecule has 76 valence electrons. The fraction of sp³-hybridized carbons (Fsp3) is 0.222. The molecule has 1 aromatic rings. The normalized spacial score (nSPS) is 11.2. The maximum Gasteiger partial charge on any atom is 0.185 e. The van der Waals surface area contributed by atoms with Crippen LogP contribution in [0.25, 0.3) is 0 Å². The minimum atomic E-state index is -3.48. The van der Waals surface area contributed by atoms with E-state index >= 15 is 0 Å². The monoisotopic (exact) mass is 213 g/mol. The summed E-state index contributed by atoms with van der Waals surface area (Å²) in [6, 6.07) is 5.78. The lowest BCUT2D eigenvalue weighted by Crippen LogP contribution is -2.13. The van der Waals surface area contributed by atoms with Crippen molar-refractivity contribution < 1.29 is 13.2 Å². The summed E-state index contributed by atoms with van der Waals surface area (Å²) in [6.07, 6.45) is 0. The molecule has 0 saturated heterocycles. The van der Waals surface area contributed by atoms with Crippen molar-refractivity contribution in [2.24, 2.45) is 0 Å². The number of hydrogen-bond donors (Lipinski definition) is 1. The second kappa shape index (κ2) is 3.79. The van der Waals surface area contributed by atoms with Gasteiger partial charge >= 0.3 is 0 Å². The van der Waals surface area contributed by atoms with Crippen LogP contribution in [0.15, 0.2) is 29.2 Å². The maximum absolute atomic E-state index is 11.5. The van der Waals surface area contributed by atoms with Crippen LogP contribution in [0.5, 0.6) is 0 Å². The van der Waals surface area contributed by atoms with Crippen molar-refractivity contribution in [2.75, 3.05) is 11.5 Å². The topological polar surface area (TPSA) is 77.2 Å². The lowest BCUT2D eigenvalue weighted by molar-refractivity contribution is -0.114. The average Bonchev–Trinajstić information content (AvgIpc) is 2.02. The van der Waals surface area contributed by atoms with Gasteiger partial charge in [-0.15, -0.1) is 0 Å². The number of nitrogens with two attached hydrogens (primary N) is 1. The molecule has 0 aliphatic rings. The van der Waals surface area contributed by atoms with Crippen LogP contribution in [-0.4, -0.2) is 20.0 Å². The molecule has 0 bridgehead atoms. The van der Waals surface area contributed by atoms with Crippen LogP contribution in [-0.2, 0) is 14.6 Å². The molecule has 0 radical (unpaired) electrons. The summed E-state index contributed by atoms with van der Waals surface area (Å²) in [5, 5.41) is 0. The van der Waals surface area contributed by atoms with E-state index in [2.05, 4.69) is 0 Å². The molecule has 5 heteroatoms. The molecule has 0 unspecified atom stereocenters. The van der Waals surface area contributed by atoms with Gasteiger partial charge in [0, 0.05) is 5.69 Å². The predicted octanol–water partition coefficient (Wildman–Crippen LogP) is 0.632. The molecule has 0 amide bonds. The zero-order valence-corrected chi connectivity index (χ0v) is 8.54. The van der Waals surface area contributed by atoms with E-state index in [1.54, 1.807) is 0 Å². The van der Waals surface area contributed by atoms with Crippen molar-refractivity contribution in [3.63, 3.8) is 0 Å². The summed E-state index contributed by atoms with van der Waals surface area (Å²) in [5.41, 5.74) is 5.90. The van der Waals surface area contributed by atoms with Gasteiger partial charge in [0.25, 0.3) is 0 Å². The first-order valence-corrected chi connectivity index (χ1v) is 5.65. The van der Waals surface area contributed by atoms with E-state index in [4.69, 9.17) is 5.73 Å². The first-order valence-electron chi connectivity index (χ1n) is 3.99. The van der Waals surface area contributed by atoms with Gasteiger partial charge in [-0.25, -0.2) is 8.42 Å². The Labute approximate surface area is 82.7 Å². The van der Waals surface area contributed by atoms with E-state index in [1.165, 1.54) is 31.2 Å². The third-order valence-corrected chi connectivity index (χ3v) is 3.41. The molecule has 4 nitrogen and oxygen atoms in total. The average molecular weight is 213 g/mol. The maximum atomic E-state index is 11.5. The van der Waals surface area contributed by atoms with E-state index in [9.17, 15) is 13.2 Å². The minimum Gasteiger partial charge on any atom is -0.399 e. The molecule has 1 rings (SSSR count). The number of hydrogen-bond acceptors (Lipinski definition) is 4. The summed E-state index contributed by atoms with van der Waals surface area (Å²) in [4.78, 5) is 10.8. The largest absolute Gasteiger partial charge is 0.399 e. The van der Waals surface area contributed by atoms with Crippen molar-refractivity contribution >= 4 is 21.3 Å². The fourth-order valence-electron chi connectivity index (χ4n) is 1.03. The van der Waals surface area contributed by atoms with E-state index in [1.807, 2.05) is 0 Å². The Morgan fingerprint density at radius 1 is 1.29 bits per heavy atom. The van der Waals surface area contributed by atoms with Crippen LogP contribution < -0.4 is 5.73 Å². The number of ketones is 1. The molecular formula is C9H11NO3S. The number of nitrogen functional groups attached to an aromatic ring is 1. The second-order valence-electron chi connectivity index (χ2n) is 3.03. The smallest absolute Gasteiger partial charge is 0.185 e. The molecule has 0 saturated carbocycles. The van der Waals surface area contributed by atoms with Crippen LogP contribution in [0.1, 0.15) is 6.92 Å². The molecule has 0 aromatic heterocycles. The van der Waals surface area contributed by atoms with E-state index in [0.717, 1.165) is 0 Å². The third-order valence-electron chi connectivity index (χ3n) is 1.63. The summed E-state index contributed by atoms with van der Waals surface area (Å²) in [7, 11) is -3.48. The number of sulfone groups is 1. The zero-order valence-electron chi connectivity index (χ0n) is 7.73. The minimum absolute atomic E-state index is 0.127. The Bertz CT molecular complexity index is 434. The van der Waals surface area contributed by atoms with Gasteiger partial charge < -0.3 is 5.73 Å². The first-order chi connectivity index (χ1) is 6.42. The van der Waals surface area contributed by atoms with Gasteiger partial charge in [-0.05, 0) is 31.2 Å². The number of carbonyl (C=O) groups is 1. The Hall–Kier alpha value is -1.36. The SMILES string of the molecule is CC(=O)CS(=O)(=O)c1ccc(N)cc1. The fourth-order valence-corrected chi connectivity index (χ4v) is 2.28. The van der Waals surface area contributed by atoms with Crippen LogP contribution >= 0.6 is 0 Å². The Morgan fingerprint density at radius 3 is 2.21 bits per heavy atom. The van der Waals surface area contributed by atoms with E-state index < -0.39 is 15.6 Å². The number of benzene rings is 1. The van der Waals surface area contributed by atoms with Gasteiger partial charge in [-0.2, -0.15) is 0 Å². The summed E-state index contributed by atoms with van der Waals surface area (Å²) >= 11 is 0. The Kier molecular flexibility index (Phi) is 2.90. The van der Waals surface area contributed by atoms with Gasteiger partial charge in [-0.1, -0.05) is 0 Å². The van der Waals surface area contributed by atoms with E-state index in [0.29, 0.717) is 5.69 Å². The van der Waals surface area contributed by atoms with Crippen LogP contribution in [0.3, 0.4) is 0 Å². The van der Waals surface area contributed by atoms with E-state index in [-0.39, 0.29) is 10.7 Å². The lowest BCUT2D eigenvalue weighted by Gasteiger charge is -2.01. The molecule has 0 spiro atoms. The van der Waals surface area contributed by atoms with Crippen molar-refractivity contribution in [3.05, 3.63) is 24.3 Å². The number of Topliss-reactive ketones (excluding diaryl/α,β-unsaturated/α-hetero) is 1. The molecule has 1 aromatic carbocycles. The highest BCUT2D eigenvalue weighted by Gasteiger charge is 2.16. The van der Waals surface area contributed by atoms with Crippen LogP contribution in [0.4, 0.5) is 5.69 Å². The Balaban J connectivity index is 3.05. The second-order valence-corrected chi connectivity index (χ2v) is 5.02. The highest BCUT2D eigenvalue weighted by atomic mass is 32.2. The molecule has 0 fully saturated rings. The zero-order chi connectivity index (χ0) is 10.8. The highest BCUT2D eigenvalue weighted by Crippen LogP contribution is 2.13.